The smallest absolute Gasteiger partial charge is 0.338 e. The molecule has 7 nitrogen and oxygen atoms in total. The lowest BCUT2D eigenvalue weighted by molar-refractivity contribution is -0.114. The molecule has 1 aromatic heterocycles. The Kier molecular flexibility index (Phi) is 4.56. The van der Waals surface area contributed by atoms with E-state index in [9.17, 15) is 14.7 Å². The number of carbonyl (C=O) groups excluding carboxylic acids is 1. The van der Waals surface area contributed by atoms with Crippen molar-refractivity contribution in [2.45, 2.75) is 13.8 Å². The van der Waals surface area contributed by atoms with E-state index in [4.69, 9.17) is 4.63 Å². The molecule has 0 saturated carbocycles. The monoisotopic (exact) mass is 387 g/mol. The van der Waals surface area contributed by atoms with Gasteiger partial charge in [0, 0.05) is 23.6 Å². The van der Waals surface area contributed by atoms with Crippen LogP contribution in [0.4, 0.5) is 5.69 Å². The number of hydrogen-bond acceptors (Lipinski definition) is 5. The molecule has 0 radical (unpaired) electrons. The van der Waals surface area contributed by atoms with E-state index in [0.29, 0.717) is 27.7 Å². The number of aryl methyl sites for hydroxylation is 1. The quantitative estimate of drug-likeness (QED) is 0.533. The minimum Gasteiger partial charge on any atom is -0.478 e. The third-order valence-corrected chi connectivity index (χ3v) is 4.66. The number of carboxylic acids is 1. The summed E-state index contributed by atoms with van der Waals surface area (Å²) in [7, 11) is 0. The van der Waals surface area contributed by atoms with Crippen molar-refractivity contribution in [3.8, 4) is 22.3 Å². The van der Waals surface area contributed by atoms with Crippen LogP contribution in [0.5, 0.6) is 0 Å². The molecule has 29 heavy (non-hydrogen) atoms. The molecule has 0 bridgehead atoms. The largest absolute Gasteiger partial charge is 0.478 e. The molecule has 0 atom stereocenters. The predicted molar refractivity (Wildman–Crippen MR) is 109 cm³/mol. The van der Waals surface area contributed by atoms with E-state index in [1.807, 2.05) is 31.2 Å². The standard InChI is InChI=1S/C22H17N3O4/c1-12-6-8-14(9-7-12)15-10-11-16(19(22(27)28)21(15)23-13(2)26)17-4-3-5-18-20(17)25-29-24-18/h3-11H,1-2H3,(H,23,26)(H,27,28). The average molecular weight is 387 g/mol. The molecule has 2 N–H and O–H groups in total. The van der Waals surface area contributed by atoms with Crippen molar-refractivity contribution < 1.29 is 19.3 Å². The van der Waals surface area contributed by atoms with E-state index in [2.05, 4.69) is 15.6 Å². The van der Waals surface area contributed by atoms with Crippen LogP contribution >= 0.6 is 0 Å². The molecule has 4 aromatic rings. The number of rotatable bonds is 4. The number of anilines is 1. The number of aromatic nitrogens is 2. The van der Waals surface area contributed by atoms with Gasteiger partial charge in [0.2, 0.25) is 5.91 Å². The minimum atomic E-state index is -1.16. The van der Waals surface area contributed by atoms with Crippen molar-refractivity contribution in [3.63, 3.8) is 0 Å². The van der Waals surface area contributed by atoms with Crippen molar-refractivity contribution in [1.29, 1.82) is 0 Å². The van der Waals surface area contributed by atoms with Gasteiger partial charge < -0.3 is 10.4 Å². The van der Waals surface area contributed by atoms with Crippen molar-refractivity contribution in [3.05, 3.63) is 65.7 Å². The van der Waals surface area contributed by atoms with Crippen LogP contribution in [0, 0.1) is 6.92 Å². The van der Waals surface area contributed by atoms with Crippen LogP contribution in [0.2, 0.25) is 0 Å². The molecule has 144 valence electrons. The molecule has 0 aliphatic heterocycles. The molecular weight excluding hydrogens is 370 g/mol. The number of benzene rings is 3. The zero-order valence-corrected chi connectivity index (χ0v) is 15.8. The number of amides is 1. The fourth-order valence-corrected chi connectivity index (χ4v) is 3.35. The third kappa shape index (κ3) is 3.34. The van der Waals surface area contributed by atoms with Crippen LogP contribution in [-0.4, -0.2) is 27.3 Å². The van der Waals surface area contributed by atoms with Crippen LogP contribution in [0.3, 0.4) is 0 Å². The summed E-state index contributed by atoms with van der Waals surface area (Å²) in [5.41, 5.74) is 4.65. The van der Waals surface area contributed by atoms with Crippen molar-refractivity contribution in [1.82, 2.24) is 10.3 Å². The highest BCUT2D eigenvalue weighted by molar-refractivity contribution is 6.11. The first-order valence-electron chi connectivity index (χ1n) is 8.92. The summed E-state index contributed by atoms with van der Waals surface area (Å²) in [4.78, 5) is 24.2. The molecule has 0 aliphatic carbocycles. The van der Waals surface area contributed by atoms with Gasteiger partial charge in [0.25, 0.3) is 0 Å². The molecule has 7 heteroatoms. The first-order valence-corrected chi connectivity index (χ1v) is 8.92. The fraction of sp³-hybridized carbons (Fsp3) is 0.0909. The van der Waals surface area contributed by atoms with Crippen LogP contribution in [0.25, 0.3) is 33.3 Å². The fourth-order valence-electron chi connectivity index (χ4n) is 3.35. The van der Waals surface area contributed by atoms with Gasteiger partial charge in [0.1, 0.15) is 11.0 Å². The molecule has 0 spiro atoms. The van der Waals surface area contributed by atoms with E-state index in [0.717, 1.165) is 11.1 Å². The second-order valence-electron chi connectivity index (χ2n) is 6.70. The summed E-state index contributed by atoms with van der Waals surface area (Å²) in [6.07, 6.45) is 0. The van der Waals surface area contributed by atoms with Gasteiger partial charge in [-0.3, -0.25) is 4.79 Å². The Bertz CT molecular complexity index is 1240. The van der Waals surface area contributed by atoms with Crippen LogP contribution in [0.15, 0.2) is 59.2 Å². The maximum absolute atomic E-state index is 12.3. The lowest BCUT2D eigenvalue weighted by atomic mass is 9.91. The van der Waals surface area contributed by atoms with Gasteiger partial charge in [0.05, 0.1) is 11.3 Å². The van der Waals surface area contributed by atoms with E-state index < -0.39 is 5.97 Å². The SMILES string of the molecule is CC(=O)Nc1c(-c2ccc(C)cc2)ccc(-c2cccc3nonc23)c1C(=O)O. The normalized spacial score (nSPS) is 10.8. The second kappa shape index (κ2) is 7.20. The molecular formula is C22H17N3O4. The second-order valence-corrected chi connectivity index (χ2v) is 6.70. The number of carbonyl (C=O) groups is 2. The zero-order valence-electron chi connectivity index (χ0n) is 15.8. The van der Waals surface area contributed by atoms with Crippen molar-refractivity contribution in [2.24, 2.45) is 0 Å². The summed E-state index contributed by atoms with van der Waals surface area (Å²) in [5, 5.41) is 20.5. The molecule has 3 aromatic carbocycles. The summed E-state index contributed by atoms with van der Waals surface area (Å²) in [5.74, 6) is -1.52. The highest BCUT2D eigenvalue weighted by atomic mass is 16.6. The predicted octanol–water partition coefficient (Wildman–Crippen LogP) is 4.52. The number of aromatic carboxylic acids is 1. The van der Waals surface area contributed by atoms with Crippen molar-refractivity contribution >= 4 is 28.6 Å². The minimum absolute atomic E-state index is 0.0197. The Hall–Kier alpha value is -4.00. The Morgan fingerprint density at radius 1 is 0.931 bits per heavy atom. The topological polar surface area (TPSA) is 105 Å². The molecule has 1 amide bonds. The van der Waals surface area contributed by atoms with Crippen LogP contribution in [0.1, 0.15) is 22.8 Å². The van der Waals surface area contributed by atoms with Gasteiger partial charge in [-0.15, -0.1) is 0 Å². The highest BCUT2D eigenvalue weighted by Crippen LogP contribution is 2.39. The zero-order chi connectivity index (χ0) is 20.5. The van der Waals surface area contributed by atoms with E-state index >= 15 is 0 Å². The molecule has 4 rings (SSSR count). The number of carboxylic acid groups (broad SMARTS) is 1. The Morgan fingerprint density at radius 2 is 1.66 bits per heavy atom. The first-order chi connectivity index (χ1) is 14.0. The molecule has 0 saturated heterocycles. The van der Waals surface area contributed by atoms with E-state index in [-0.39, 0.29) is 17.2 Å². The highest BCUT2D eigenvalue weighted by Gasteiger charge is 2.23. The Morgan fingerprint density at radius 3 is 2.34 bits per heavy atom. The van der Waals surface area contributed by atoms with Crippen LogP contribution in [-0.2, 0) is 4.79 Å². The number of hydrogen-bond donors (Lipinski definition) is 2. The summed E-state index contributed by atoms with van der Waals surface area (Å²) < 4.78 is 4.81. The molecule has 1 heterocycles. The van der Waals surface area contributed by atoms with Gasteiger partial charge in [-0.1, -0.05) is 54.1 Å². The first kappa shape index (κ1) is 18.4. The van der Waals surface area contributed by atoms with Gasteiger partial charge in [-0.25, -0.2) is 9.42 Å². The lowest BCUT2D eigenvalue weighted by Gasteiger charge is -2.17. The van der Waals surface area contributed by atoms with E-state index in [1.54, 1.807) is 30.3 Å². The summed E-state index contributed by atoms with van der Waals surface area (Å²) >= 11 is 0. The average Bonchev–Trinajstić information content (AvgIpc) is 3.16. The lowest BCUT2D eigenvalue weighted by Crippen LogP contribution is -2.13. The Labute approximate surface area is 165 Å². The number of nitrogens with one attached hydrogen (secondary N) is 1. The molecule has 0 aliphatic rings. The third-order valence-electron chi connectivity index (χ3n) is 4.66. The van der Waals surface area contributed by atoms with Crippen molar-refractivity contribution in [2.75, 3.05) is 5.32 Å². The molecule has 0 fully saturated rings. The summed E-state index contributed by atoms with van der Waals surface area (Å²) in [6.45, 7) is 3.32. The van der Waals surface area contributed by atoms with Gasteiger partial charge in [-0.05, 0) is 28.9 Å². The number of nitrogens with zero attached hydrogens (tertiary/aromatic N) is 2. The van der Waals surface area contributed by atoms with Crippen LogP contribution < -0.4 is 5.32 Å². The van der Waals surface area contributed by atoms with Gasteiger partial charge >= 0.3 is 5.97 Å². The number of fused-ring (bicyclic) bond motifs is 1. The Balaban J connectivity index is 2.03. The summed E-state index contributed by atoms with van der Waals surface area (Å²) in [6, 6.07) is 16.4. The molecule has 0 unspecified atom stereocenters. The van der Waals surface area contributed by atoms with E-state index in [1.165, 1.54) is 6.92 Å². The van der Waals surface area contributed by atoms with Gasteiger partial charge in [0.15, 0.2) is 0 Å². The maximum atomic E-state index is 12.3. The van der Waals surface area contributed by atoms with Gasteiger partial charge in [-0.2, -0.15) is 0 Å². The maximum Gasteiger partial charge on any atom is 0.338 e.